The molecule has 2 N–H and O–H groups in total. The molecule has 43 heavy (non-hydrogen) atoms. The summed E-state index contributed by atoms with van der Waals surface area (Å²) in [6.45, 7) is 2.19. The minimum absolute atomic E-state index is 0.155. The van der Waals surface area contributed by atoms with E-state index in [0.717, 1.165) is 28.9 Å². The van der Waals surface area contributed by atoms with Crippen molar-refractivity contribution in [2.45, 2.75) is 51.6 Å². The van der Waals surface area contributed by atoms with E-state index in [0.29, 0.717) is 36.5 Å². The number of ether oxygens (including phenoxy) is 1. The Morgan fingerprint density at radius 2 is 1.77 bits per heavy atom. The highest BCUT2D eigenvalue weighted by atomic mass is 16.5. The van der Waals surface area contributed by atoms with E-state index in [2.05, 4.69) is 6.92 Å². The Bertz CT molecular complexity index is 1520. The molecule has 0 bridgehead atoms. The number of carbonyl (C=O) groups excluding carboxylic acids is 2. The third-order valence-electron chi connectivity index (χ3n) is 8.85. The second-order valence-corrected chi connectivity index (χ2v) is 11.4. The summed E-state index contributed by atoms with van der Waals surface area (Å²) in [6, 6.07) is 22.2. The lowest BCUT2D eigenvalue weighted by Crippen LogP contribution is -2.46. The van der Waals surface area contributed by atoms with Crippen LogP contribution in [0.25, 0.3) is 6.08 Å². The highest BCUT2D eigenvalue weighted by Gasteiger charge is 2.57. The van der Waals surface area contributed by atoms with Gasteiger partial charge in [-0.3, -0.25) is 14.5 Å². The fourth-order valence-corrected chi connectivity index (χ4v) is 6.84. The molecule has 6 rings (SSSR count). The smallest absolute Gasteiger partial charge is 0.455 e. The number of allylic oxidation sites excluding steroid dienone is 1. The van der Waals surface area contributed by atoms with E-state index >= 15 is 0 Å². The molecule has 3 aromatic rings. The van der Waals surface area contributed by atoms with E-state index in [4.69, 9.17) is 13.8 Å². The summed E-state index contributed by atoms with van der Waals surface area (Å²) in [4.78, 5) is 29.0. The summed E-state index contributed by atoms with van der Waals surface area (Å²) in [5, 5.41) is 20.3. The normalized spacial score (nSPS) is 23.9. The molecule has 3 heterocycles. The number of fused-ring (bicyclic) bond motifs is 3. The molecule has 1 aromatic heterocycles. The van der Waals surface area contributed by atoms with Crippen molar-refractivity contribution in [1.29, 1.82) is 0 Å². The standard InChI is InChI=1S/C34H36BNO7/c1-2-22(17-26-14-15-27(20-37)42-26)13-16-30-31-23(21-41-25-11-7-4-8-12-25)18-28-32(29(31)19-35(40)43-30)34(39)36(33(28)38)24-9-5-3-6-10-24/h3-12,14-15,17,28-30,32,37,40H,2,13,16,18-21H2,1H3/b22-17+/t28-,29+,30-,32-/m1/s1. The first-order valence-electron chi connectivity index (χ1n) is 15.0. The molecular formula is C34H36BNO7. The molecule has 1 aliphatic carbocycles. The number of imide groups is 1. The number of anilines is 1. The minimum atomic E-state index is -1.05. The van der Waals surface area contributed by atoms with Crippen LogP contribution in [0.3, 0.4) is 0 Å². The molecule has 2 aliphatic heterocycles. The molecule has 2 aromatic carbocycles. The van der Waals surface area contributed by atoms with Crippen LogP contribution in [0.4, 0.5) is 5.69 Å². The molecule has 8 nitrogen and oxygen atoms in total. The fraction of sp³-hybridized carbons (Fsp3) is 0.353. The molecular weight excluding hydrogens is 545 g/mol. The van der Waals surface area contributed by atoms with Gasteiger partial charge in [0, 0.05) is 0 Å². The fourth-order valence-electron chi connectivity index (χ4n) is 6.84. The van der Waals surface area contributed by atoms with Crippen molar-refractivity contribution in [3.8, 4) is 5.75 Å². The molecule has 2 fully saturated rings. The topological polar surface area (TPSA) is 109 Å². The van der Waals surface area contributed by atoms with E-state index in [1.54, 1.807) is 18.2 Å². The number of aliphatic hydroxyl groups excluding tert-OH is 1. The number of hydrogen-bond donors (Lipinski definition) is 2. The van der Waals surface area contributed by atoms with Gasteiger partial charge in [-0.25, -0.2) is 0 Å². The van der Waals surface area contributed by atoms with Gasteiger partial charge in [-0.1, -0.05) is 48.9 Å². The van der Waals surface area contributed by atoms with Crippen LogP contribution in [0.2, 0.25) is 6.32 Å². The maximum Gasteiger partial charge on any atom is 0.455 e. The lowest BCUT2D eigenvalue weighted by atomic mass is 9.58. The number of aliphatic hydroxyl groups is 1. The van der Waals surface area contributed by atoms with E-state index in [1.165, 1.54) is 4.90 Å². The molecule has 3 aliphatic rings. The van der Waals surface area contributed by atoms with Gasteiger partial charge in [0.05, 0.1) is 23.6 Å². The highest BCUT2D eigenvalue weighted by molar-refractivity contribution is 6.43. The van der Waals surface area contributed by atoms with Crippen LogP contribution in [-0.2, 0) is 20.9 Å². The molecule has 2 amide bonds. The molecule has 0 saturated carbocycles. The van der Waals surface area contributed by atoms with Crippen molar-refractivity contribution < 1.29 is 33.5 Å². The monoisotopic (exact) mass is 581 g/mol. The number of carbonyl (C=O) groups is 2. The molecule has 4 atom stereocenters. The Balaban J connectivity index is 1.32. The van der Waals surface area contributed by atoms with Gasteiger partial charge in [0.15, 0.2) is 0 Å². The quantitative estimate of drug-likeness (QED) is 0.187. The average Bonchev–Trinajstić information content (AvgIpc) is 3.59. The van der Waals surface area contributed by atoms with Crippen LogP contribution >= 0.6 is 0 Å². The van der Waals surface area contributed by atoms with Crippen LogP contribution in [0.15, 0.2) is 93.9 Å². The zero-order valence-electron chi connectivity index (χ0n) is 24.2. The number of amides is 2. The van der Waals surface area contributed by atoms with E-state index in [1.807, 2.05) is 60.7 Å². The number of benzene rings is 2. The summed E-state index contributed by atoms with van der Waals surface area (Å²) in [7, 11) is -1.05. The Hall–Kier alpha value is -3.92. The summed E-state index contributed by atoms with van der Waals surface area (Å²) < 4.78 is 18.0. The van der Waals surface area contributed by atoms with E-state index in [-0.39, 0.29) is 37.3 Å². The van der Waals surface area contributed by atoms with E-state index < -0.39 is 25.1 Å². The van der Waals surface area contributed by atoms with Gasteiger partial charge in [-0.05, 0) is 91.5 Å². The number of furan rings is 1. The van der Waals surface area contributed by atoms with Crippen molar-refractivity contribution in [2.24, 2.45) is 17.8 Å². The van der Waals surface area contributed by atoms with Gasteiger partial charge < -0.3 is 23.9 Å². The van der Waals surface area contributed by atoms with Crippen molar-refractivity contribution >= 4 is 30.7 Å². The molecule has 0 unspecified atom stereocenters. The maximum atomic E-state index is 13.9. The van der Waals surface area contributed by atoms with Crippen LogP contribution in [0.5, 0.6) is 5.75 Å². The second kappa shape index (κ2) is 12.8. The van der Waals surface area contributed by atoms with Gasteiger partial charge in [0.1, 0.15) is 30.5 Å². The number of hydrogen-bond acceptors (Lipinski definition) is 7. The summed E-state index contributed by atoms with van der Waals surface area (Å²) >= 11 is 0. The van der Waals surface area contributed by atoms with E-state index in [9.17, 15) is 19.7 Å². The Morgan fingerprint density at radius 1 is 1.02 bits per heavy atom. The zero-order chi connectivity index (χ0) is 29.9. The molecule has 9 heteroatoms. The molecule has 0 radical (unpaired) electrons. The SMILES string of the molecule is CC/C(=C\c1ccc(CO)o1)CC[C@H]1OB(O)C[C@H]2C1=C(COc1ccccc1)C[C@H]1C(=O)N(c3ccccc3)C(=O)[C@H]12. The Kier molecular flexibility index (Phi) is 8.65. The van der Waals surface area contributed by atoms with Gasteiger partial charge in [0.25, 0.3) is 0 Å². The van der Waals surface area contributed by atoms with Crippen LogP contribution < -0.4 is 9.64 Å². The first-order chi connectivity index (χ1) is 21.0. The largest absolute Gasteiger partial charge is 0.489 e. The van der Waals surface area contributed by atoms with Crippen LogP contribution in [-0.4, -0.2) is 41.8 Å². The first kappa shape index (κ1) is 29.2. The predicted molar refractivity (Wildman–Crippen MR) is 163 cm³/mol. The van der Waals surface area contributed by atoms with Gasteiger partial charge >= 0.3 is 7.12 Å². The molecule has 2 saturated heterocycles. The summed E-state index contributed by atoms with van der Waals surface area (Å²) in [5.41, 5.74) is 3.65. The lowest BCUT2D eigenvalue weighted by molar-refractivity contribution is -0.122. The average molecular weight is 581 g/mol. The van der Waals surface area contributed by atoms with Gasteiger partial charge in [0.2, 0.25) is 11.8 Å². The Morgan fingerprint density at radius 3 is 2.47 bits per heavy atom. The third kappa shape index (κ3) is 5.98. The first-order valence-corrected chi connectivity index (χ1v) is 15.0. The Labute approximate surface area is 251 Å². The minimum Gasteiger partial charge on any atom is -0.489 e. The molecule has 0 spiro atoms. The van der Waals surface area contributed by atoms with Crippen molar-refractivity contribution in [2.75, 3.05) is 11.5 Å². The van der Waals surface area contributed by atoms with Gasteiger partial charge in [-0.15, -0.1) is 0 Å². The summed E-state index contributed by atoms with van der Waals surface area (Å²) in [5.74, 6) is 0.0679. The lowest BCUT2D eigenvalue weighted by Gasteiger charge is -2.43. The maximum absolute atomic E-state index is 13.9. The van der Waals surface area contributed by atoms with Crippen molar-refractivity contribution in [3.05, 3.63) is 101 Å². The zero-order valence-corrected chi connectivity index (χ0v) is 24.2. The number of rotatable bonds is 10. The second-order valence-electron chi connectivity index (χ2n) is 11.4. The van der Waals surface area contributed by atoms with Crippen LogP contribution in [0.1, 0.15) is 44.1 Å². The highest BCUT2D eigenvalue weighted by Crippen LogP contribution is 2.51. The van der Waals surface area contributed by atoms with Gasteiger partial charge in [-0.2, -0.15) is 0 Å². The number of para-hydroxylation sites is 2. The number of nitrogens with zero attached hydrogens (tertiary/aromatic N) is 1. The molecule has 222 valence electrons. The third-order valence-corrected chi connectivity index (χ3v) is 8.85. The van der Waals surface area contributed by atoms with Crippen molar-refractivity contribution in [1.82, 2.24) is 0 Å². The predicted octanol–water partition coefficient (Wildman–Crippen LogP) is 5.43. The van der Waals surface area contributed by atoms with Crippen molar-refractivity contribution in [3.63, 3.8) is 0 Å². The van der Waals surface area contributed by atoms with Crippen LogP contribution in [0, 0.1) is 17.8 Å². The summed E-state index contributed by atoms with van der Waals surface area (Å²) in [6.07, 6.45) is 4.27.